The van der Waals surface area contributed by atoms with Gasteiger partial charge in [-0.15, -0.1) is 0 Å². The Balaban J connectivity index is 2.22. The topological polar surface area (TPSA) is 101 Å². The third-order valence-corrected chi connectivity index (χ3v) is 3.73. The molecule has 0 aliphatic carbocycles. The van der Waals surface area contributed by atoms with Crippen LogP contribution in [0.3, 0.4) is 0 Å². The fourth-order valence-electron chi connectivity index (χ4n) is 1.37. The van der Waals surface area contributed by atoms with Crippen molar-refractivity contribution in [3.8, 4) is 0 Å². The Hall–Kier alpha value is -1.93. The average molecular weight is 270 g/mol. The predicted octanol–water partition coefficient (Wildman–Crippen LogP) is 0.610. The zero-order valence-corrected chi connectivity index (χ0v) is 10.0. The second kappa shape index (κ2) is 4.75. The van der Waals surface area contributed by atoms with Crippen LogP contribution < -0.4 is 10.5 Å². The molecule has 0 fully saturated rings. The molecule has 0 bridgehead atoms. The summed E-state index contributed by atoms with van der Waals surface area (Å²) in [6.07, 6.45) is 2.91. The average Bonchev–Trinajstić information content (AvgIpc) is 2.83. The molecule has 8 heteroatoms. The van der Waals surface area contributed by atoms with Gasteiger partial charge in [-0.05, 0) is 18.2 Å². The Bertz CT molecular complexity index is 640. The molecule has 2 aromatic rings. The van der Waals surface area contributed by atoms with Crippen molar-refractivity contribution in [1.82, 2.24) is 14.7 Å². The molecule has 0 amide bonds. The Kier molecular flexibility index (Phi) is 3.30. The first kappa shape index (κ1) is 12.5. The maximum absolute atomic E-state index is 13.0. The van der Waals surface area contributed by atoms with Gasteiger partial charge >= 0.3 is 0 Å². The van der Waals surface area contributed by atoms with E-state index in [-0.39, 0.29) is 17.1 Å². The van der Waals surface area contributed by atoms with E-state index in [9.17, 15) is 12.8 Å². The van der Waals surface area contributed by atoms with Crippen molar-refractivity contribution in [2.75, 3.05) is 5.73 Å². The van der Waals surface area contributed by atoms with E-state index >= 15 is 0 Å². The van der Waals surface area contributed by atoms with Crippen LogP contribution in [0.5, 0.6) is 0 Å². The number of hydrogen-bond acceptors (Lipinski definition) is 4. The number of hydrogen-bond donors (Lipinski definition) is 3. The summed E-state index contributed by atoms with van der Waals surface area (Å²) in [6.45, 7) is 0.0261. The largest absolute Gasteiger partial charge is 0.398 e. The van der Waals surface area contributed by atoms with Crippen molar-refractivity contribution < 1.29 is 12.8 Å². The molecule has 1 aromatic heterocycles. The van der Waals surface area contributed by atoms with Gasteiger partial charge in [-0.1, -0.05) is 0 Å². The van der Waals surface area contributed by atoms with E-state index in [1.807, 2.05) is 0 Å². The maximum atomic E-state index is 13.0. The summed E-state index contributed by atoms with van der Waals surface area (Å²) in [5.74, 6) is -0.661. The highest BCUT2D eigenvalue weighted by Gasteiger charge is 2.18. The lowest BCUT2D eigenvalue weighted by atomic mass is 10.3. The zero-order chi connectivity index (χ0) is 13.2. The van der Waals surface area contributed by atoms with Crippen LogP contribution in [0.15, 0.2) is 35.6 Å². The zero-order valence-electron chi connectivity index (χ0n) is 9.22. The summed E-state index contributed by atoms with van der Waals surface area (Å²) in [4.78, 5) is 6.22. The second-order valence-corrected chi connectivity index (χ2v) is 5.32. The van der Waals surface area contributed by atoms with Crippen LogP contribution in [-0.2, 0) is 16.6 Å². The summed E-state index contributed by atoms with van der Waals surface area (Å²) < 4.78 is 39.1. The third-order valence-electron chi connectivity index (χ3n) is 2.27. The van der Waals surface area contributed by atoms with Gasteiger partial charge < -0.3 is 10.7 Å². The number of nitrogen functional groups attached to an aromatic ring is 1. The quantitative estimate of drug-likeness (QED) is 0.708. The smallest absolute Gasteiger partial charge is 0.243 e. The standard InChI is InChI=1S/C10H11FN4O2S/c11-7-1-2-9(12)10(3-7)18(16,17)15-5-8-4-13-6-14-8/h1-4,6,15H,5,12H2,(H,13,14). The molecular formula is C10H11FN4O2S. The summed E-state index contributed by atoms with van der Waals surface area (Å²) in [5, 5.41) is 0. The van der Waals surface area contributed by atoms with Crippen molar-refractivity contribution >= 4 is 15.7 Å². The molecule has 0 aliphatic rings. The Morgan fingerprint density at radius 2 is 2.22 bits per heavy atom. The number of rotatable bonds is 4. The van der Waals surface area contributed by atoms with E-state index in [0.717, 1.165) is 12.1 Å². The molecule has 1 heterocycles. The monoisotopic (exact) mass is 270 g/mol. The lowest BCUT2D eigenvalue weighted by Gasteiger charge is -2.08. The second-order valence-electron chi connectivity index (χ2n) is 3.58. The SMILES string of the molecule is Nc1ccc(F)cc1S(=O)(=O)NCc1cnc[nH]1. The highest BCUT2D eigenvalue weighted by molar-refractivity contribution is 7.89. The van der Waals surface area contributed by atoms with Crippen LogP contribution in [-0.4, -0.2) is 18.4 Å². The van der Waals surface area contributed by atoms with Crippen LogP contribution >= 0.6 is 0 Å². The van der Waals surface area contributed by atoms with E-state index in [1.165, 1.54) is 18.6 Å². The van der Waals surface area contributed by atoms with E-state index in [0.29, 0.717) is 5.69 Å². The number of H-pyrrole nitrogens is 1. The molecular weight excluding hydrogens is 259 g/mol. The number of anilines is 1. The first-order chi connectivity index (χ1) is 8.49. The summed E-state index contributed by atoms with van der Waals surface area (Å²) in [6, 6.07) is 3.19. The Morgan fingerprint density at radius 1 is 1.44 bits per heavy atom. The predicted molar refractivity (Wildman–Crippen MR) is 63.4 cm³/mol. The molecule has 1 aromatic carbocycles. The van der Waals surface area contributed by atoms with Crippen molar-refractivity contribution in [1.29, 1.82) is 0 Å². The molecule has 0 saturated heterocycles. The van der Waals surface area contributed by atoms with E-state index < -0.39 is 15.8 Å². The number of nitrogens with zero attached hydrogens (tertiary/aromatic N) is 1. The number of sulfonamides is 1. The number of aromatic amines is 1. The van der Waals surface area contributed by atoms with E-state index in [4.69, 9.17) is 5.73 Å². The molecule has 0 saturated carbocycles. The van der Waals surface area contributed by atoms with Gasteiger partial charge in [-0.3, -0.25) is 0 Å². The molecule has 0 radical (unpaired) electrons. The van der Waals surface area contributed by atoms with Crippen molar-refractivity contribution in [3.63, 3.8) is 0 Å². The molecule has 6 nitrogen and oxygen atoms in total. The minimum absolute atomic E-state index is 0.00601. The van der Waals surface area contributed by atoms with Gasteiger partial charge in [0.25, 0.3) is 0 Å². The lowest BCUT2D eigenvalue weighted by Crippen LogP contribution is -2.24. The fourth-order valence-corrected chi connectivity index (χ4v) is 2.52. The molecule has 0 unspecified atom stereocenters. The lowest BCUT2D eigenvalue weighted by molar-refractivity contribution is 0.577. The van der Waals surface area contributed by atoms with Gasteiger partial charge in [0, 0.05) is 11.9 Å². The molecule has 18 heavy (non-hydrogen) atoms. The number of aromatic nitrogens is 2. The molecule has 0 atom stereocenters. The summed E-state index contributed by atoms with van der Waals surface area (Å²) in [7, 11) is -3.85. The molecule has 2 rings (SSSR count). The maximum Gasteiger partial charge on any atom is 0.243 e. The van der Waals surface area contributed by atoms with Gasteiger partial charge in [0.15, 0.2) is 0 Å². The molecule has 96 valence electrons. The van der Waals surface area contributed by atoms with Crippen LogP contribution in [0.1, 0.15) is 5.69 Å². The number of nitrogens with two attached hydrogens (primary N) is 1. The molecule has 0 spiro atoms. The molecule has 4 N–H and O–H groups in total. The highest BCUT2D eigenvalue weighted by Crippen LogP contribution is 2.19. The highest BCUT2D eigenvalue weighted by atomic mass is 32.2. The van der Waals surface area contributed by atoms with Gasteiger partial charge in [0.2, 0.25) is 10.0 Å². The van der Waals surface area contributed by atoms with Crippen LogP contribution in [0, 0.1) is 5.82 Å². The first-order valence-electron chi connectivity index (χ1n) is 5.01. The Labute approximate surface area is 103 Å². The van der Waals surface area contributed by atoms with Crippen LogP contribution in [0.25, 0.3) is 0 Å². The van der Waals surface area contributed by atoms with Gasteiger partial charge in [-0.2, -0.15) is 0 Å². The number of imidazole rings is 1. The number of nitrogens with one attached hydrogen (secondary N) is 2. The van der Waals surface area contributed by atoms with Gasteiger partial charge in [0.05, 0.1) is 18.6 Å². The van der Waals surface area contributed by atoms with Crippen LogP contribution in [0.4, 0.5) is 10.1 Å². The van der Waals surface area contributed by atoms with Gasteiger partial charge in [-0.25, -0.2) is 22.5 Å². The van der Waals surface area contributed by atoms with Crippen molar-refractivity contribution in [2.45, 2.75) is 11.4 Å². The first-order valence-corrected chi connectivity index (χ1v) is 6.49. The number of benzene rings is 1. The van der Waals surface area contributed by atoms with Gasteiger partial charge in [0.1, 0.15) is 10.7 Å². The minimum Gasteiger partial charge on any atom is -0.398 e. The summed E-state index contributed by atoms with van der Waals surface area (Å²) in [5.41, 5.74) is 6.10. The van der Waals surface area contributed by atoms with Crippen molar-refractivity contribution in [2.24, 2.45) is 0 Å². The molecule has 0 aliphatic heterocycles. The fraction of sp³-hybridized carbons (Fsp3) is 0.100. The van der Waals surface area contributed by atoms with E-state index in [1.54, 1.807) is 0 Å². The van der Waals surface area contributed by atoms with Crippen molar-refractivity contribution in [3.05, 3.63) is 42.2 Å². The van der Waals surface area contributed by atoms with E-state index in [2.05, 4.69) is 14.7 Å². The minimum atomic E-state index is -3.85. The summed E-state index contributed by atoms with van der Waals surface area (Å²) >= 11 is 0. The third kappa shape index (κ3) is 2.66. The number of halogens is 1. The normalized spacial score (nSPS) is 11.6. The van der Waals surface area contributed by atoms with Crippen LogP contribution in [0.2, 0.25) is 0 Å². The Morgan fingerprint density at radius 3 is 2.89 bits per heavy atom.